The molecule has 1 saturated heterocycles. The Balaban J connectivity index is 1.58. The number of nitrogens with zero attached hydrogens (tertiary/aromatic N) is 3. The number of nitrogens with one attached hydrogen (secondary N) is 1. The second-order valence-corrected chi connectivity index (χ2v) is 8.58. The number of hydrogen-bond acceptors (Lipinski definition) is 4. The summed E-state index contributed by atoms with van der Waals surface area (Å²) in [6.45, 7) is 3.45. The minimum Gasteiger partial charge on any atom is -0.346 e. The minimum absolute atomic E-state index is 0.0133. The molecule has 1 fully saturated rings. The van der Waals surface area contributed by atoms with Gasteiger partial charge in [-0.25, -0.2) is 0 Å². The van der Waals surface area contributed by atoms with Crippen molar-refractivity contribution in [3.8, 4) is 0 Å². The third-order valence-corrected chi connectivity index (χ3v) is 6.10. The quantitative estimate of drug-likeness (QED) is 0.856. The fourth-order valence-electron chi connectivity index (χ4n) is 3.53. The molecule has 0 aliphatic carbocycles. The van der Waals surface area contributed by atoms with Crippen molar-refractivity contribution < 1.29 is 9.59 Å². The Kier molecular flexibility index (Phi) is 6.66. The van der Waals surface area contributed by atoms with E-state index in [9.17, 15) is 9.59 Å². The van der Waals surface area contributed by atoms with Crippen LogP contribution in [0.15, 0.2) is 24.4 Å². The van der Waals surface area contributed by atoms with Crippen LogP contribution in [0.5, 0.6) is 0 Å². The Labute approximate surface area is 164 Å². The van der Waals surface area contributed by atoms with Crippen molar-refractivity contribution in [2.24, 2.45) is 7.05 Å². The van der Waals surface area contributed by atoms with Crippen LogP contribution < -0.4 is 5.32 Å². The lowest BCUT2D eigenvalue weighted by molar-refractivity contribution is -0.131. The molecule has 3 heterocycles. The van der Waals surface area contributed by atoms with Crippen LogP contribution in [-0.4, -0.2) is 45.6 Å². The molecule has 1 unspecified atom stereocenters. The summed E-state index contributed by atoms with van der Waals surface area (Å²) in [5, 5.41) is 7.15. The van der Waals surface area contributed by atoms with Gasteiger partial charge >= 0.3 is 0 Å². The van der Waals surface area contributed by atoms with Gasteiger partial charge in [-0.05, 0) is 44.4 Å². The molecular formula is C20H28N4O2S. The highest BCUT2D eigenvalue weighted by Gasteiger charge is 2.23. The van der Waals surface area contributed by atoms with Crippen molar-refractivity contribution in [2.45, 2.75) is 51.5 Å². The molecule has 1 atom stereocenters. The molecule has 1 N–H and O–H groups in total. The van der Waals surface area contributed by atoms with Gasteiger partial charge in [0.2, 0.25) is 5.91 Å². The van der Waals surface area contributed by atoms with E-state index in [-0.39, 0.29) is 17.9 Å². The lowest BCUT2D eigenvalue weighted by atomic mass is 10.0. The minimum atomic E-state index is -0.123. The lowest BCUT2D eigenvalue weighted by Gasteiger charge is -2.30. The molecule has 7 heteroatoms. The first-order valence-electron chi connectivity index (χ1n) is 9.65. The molecule has 0 radical (unpaired) electrons. The third kappa shape index (κ3) is 5.42. The Morgan fingerprint density at radius 3 is 2.81 bits per heavy atom. The Hall–Kier alpha value is -2.15. The van der Waals surface area contributed by atoms with Crippen LogP contribution in [-0.2, 0) is 18.3 Å². The molecule has 3 rings (SSSR count). The molecule has 6 nitrogen and oxygen atoms in total. The number of likely N-dealkylation sites (tertiary alicyclic amines) is 1. The van der Waals surface area contributed by atoms with Crippen molar-refractivity contribution in [3.63, 3.8) is 0 Å². The number of rotatable bonds is 5. The summed E-state index contributed by atoms with van der Waals surface area (Å²) in [6.07, 6.45) is 7.04. The van der Waals surface area contributed by atoms with Crippen LogP contribution in [0.1, 0.15) is 52.3 Å². The lowest BCUT2D eigenvalue weighted by Crippen LogP contribution is -2.47. The maximum Gasteiger partial charge on any atom is 0.269 e. The predicted molar refractivity (Wildman–Crippen MR) is 107 cm³/mol. The van der Waals surface area contributed by atoms with E-state index in [1.807, 2.05) is 4.90 Å². The summed E-state index contributed by atoms with van der Waals surface area (Å²) in [7, 11) is 1.76. The van der Waals surface area contributed by atoms with E-state index in [1.54, 1.807) is 35.3 Å². The van der Waals surface area contributed by atoms with Gasteiger partial charge in [-0.2, -0.15) is 5.10 Å². The molecular weight excluding hydrogens is 360 g/mol. The summed E-state index contributed by atoms with van der Waals surface area (Å²) >= 11 is 1.76. The van der Waals surface area contributed by atoms with Gasteiger partial charge in [0.05, 0.1) is 0 Å². The molecule has 2 aromatic heterocycles. The maximum absolute atomic E-state index is 12.8. The summed E-state index contributed by atoms with van der Waals surface area (Å²) in [5.74, 6) is 0.0600. The first-order valence-corrected chi connectivity index (χ1v) is 10.5. The average Bonchev–Trinajstić information content (AvgIpc) is 3.23. The van der Waals surface area contributed by atoms with E-state index in [0.29, 0.717) is 18.7 Å². The number of carbonyl (C=O) groups is 2. The van der Waals surface area contributed by atoms with Gasteiger partial charge in [0.15, 0.2) is 0 Å². The van der Waals surface area contributed by atoms with Crippen molar-refractivity contribution in [1.82, 2.24) is 20.0 Å². The highest BCUT2D eigenvalue weighted by molar-refractivity contribution is 7.11. The molecule has 146 valence electrons. The van der Waals surface area contributed by atoms with E-state index in [0.717, 1.165) is 38.6 Å². The molecule has 0 saturated carbocycles. The number of amides is 2. The topological polar surface area (TPSA) is 67.2 Å². The highest BCUT2D eigenvalue weighted by Crippen LogP contribution is 2.18. The largest absolute Gasteiger partial charge is 0.346 e. The molecule has 0 spiro atoms. The first kappa shape index (κ1) is 19.6. The highest BCUT2D eigenvalue weighted by atomic mass is 32.1. The van der Waals surface area contributed by atoms with Crippen molar-refractivity contribution in [1.29, 1.82) is 0 Å². The zero-order chi connectivity index (χ0) is 19.2. The fourth-order valence-corrected chi connectivity index (χ4v) is 4.42. The Morgan fingerprint density at radius 1 is 1.26 bits per heavy atom. The number of aromatic nitrogens is 2. The number of hydrogen-bond donors (Lipinski definition) is 1. The molecule has 2 aromatic rings. The zero-order valence-electron chi connectivity index (χ0n) is 16.1. The van der Waals surface area contributed by atoms with Gasteiger partial charge in [0.25, 0.3) is 5.91 Å². The molecule has 1 aliphatic heterocycles. The SMILES string of the molecule is Cc1ccc(CCC(=O)N2CCCCCC(NC(=O)c3ccnn3C)C2)s1. The standard InChI is InChI=1S/C20H28N4O2S/c1-15-7-8-17(27-15)9-10-19(25)24-13-5-3-4-6-16(14-24)22-20(26)18-11-12-21-23(18)2/h7-8,11-12,16H,3-6,9-10,13-14H2,1-2H3,(H,22,26). The second-order valence-electron chi connectivity index (χ2n) is 7.21. The van der Waals surface area contributed by atoms with Gasteiger partial charge in [0.1, 0.15) is 5.69 Å². The Bertz CT molecular complexity index is 783. The second kappa shape index (κ2) is 9.17. The molecule has 0 bridgehead atoms. The molecule has 27 heavy (non-hydrogen) atoms. The third-order valence-electron chi connectivity index (χ3n) is 5.04. The number of aryl methyl sites for hydroxylation is 3. The van der Waals surface area contributed by atoms with Crippen LogP contribution in [0.25, 0.3) is 0 Å². The van der Waals surface area contributed by atoms with E-state index in [1.165, 1.54) is 9.75 Å². The van der Waals surface area contributed by atoms with Gasteiger partial charge in [-0.15, -0.1) is 11.3 Å². The average molecular weight is 389 g/mol. The van der Waals surface area contributed by atoms with E-state index in [2.05, 4.69) is 29.5 Å². The van der Waals surface area contributed by atoms with Gasteiger partial charge in [0, 0.05) is 48.6 Å². The summed E-state index contributed by atoms with van der Waals surface area (Å²) in [4.78, 5) is 29.7. The smallest absolute Gasteiger partial charge is 0.269 e. The van der Waals surface area contributed by atoms with Crippen LogP contribution in [0, 0.1) is 6.92 Å². The van der Waals surface area contributed by atoms with E-state index >= 15 is 0 Å². The normalized spacial score (nSPS) is 18.0. The van der Waals surface area contributed by atoms with E-state index in [4.69, 9.17) is 0 Å². The monoisotopic (exact) mass is 388 g/mol. The van der Waals surface area contributed by atoms with Crippen molar-refractivity contribution >= 4 is 23.2 Å². The zero-order valence-corrected chi connectivity index (χ0v) is 16.9. The predicted octanol–water partition coefficient (Wildman–Crippen LogP) is 2.92. The van der Waals surface area contributed by atoms with Gasteiger partial charge in [-0.3, -0.25) is 14.3 Å². The van der Waals surface area contributed by atoms with E-state index < -0.39 is 0 Å². The summed E-state index contributed by atoms with van der Waals surface area (Å²) in [5.41, 5.74) is 0.544. The maximum atomic E-state index is 12.8. The molecule has 1 aliphatic rings. The van der Waals surface area contributed by atoms with Crippen LogP contribution in [0.2, 0.25) is 0 Å². The summed E-state index contributed by atoms with van der Waals surface area (Å²) < 4.78 is 1.57. The molecule has 2 amide bonds. The van der Waals surface area contributed by atoms with Gasteiger partial charge in [-0.1, -0.05) is 12.8 Å². The number of carbonyl (C=O) groups excluding carboxylic acids is 2. The molecule has 0 aromatic carbocycles. The van der Waals surface area contributed by atoms with Crippen LogP contribution in [0.3, 0.4) is 0 Å². The van der Waals surface area contributed by atoms with Crippen LogP contribution >= 0.6 is 11.3 Å². The van der Waals surface area contributed by atoms with Crippen molar-refractivity contribution in [3.05, 3.63) is 39.8 Å². The fraction of sp³-hybridized carbons (Fsp3) is 0.550. The first-order chi connectivity index (χ1) is 13.0. The van der Waals surface area contributed by atoms with Crippen molar-refractivity contribution in [2.75, 3.05) is 13.1 Å². The Morgan fingerprint density at radius 2 is 2.11 bits per heavy atom. The number of thiophene rings is 1. The van der Waals surface area contributed by atoms with Crippen LogP contribution in [0.4, 0.5) is 0 Å². The summed E-state index contributed by atoms with van der Waals surface area (Å²) in [6, 6.07) is 5.91. The van der Waals surface area contributed by atoms with Gasteiger partial charge < -0.3 is 10.2 Å².